The molecular formula is C21H27O5P. The van der Waals surface area contributed by atoms with Crippen molar-refractivity contribution in [3.8, 4) is 11.5 Å². The Bertz CT molecular complexity index is 740. The summed E-state index contributed by atoms with van der Waals surface area (Å²) < 4.78 is 21.6. The largest absolute Gasteiger partial charge is 0.491 e. The first-order valence-corrected chi connectivity index (χ1v) is 9.82. The van der Waals surface area contributed by atoms with Gasteiger partial charge in [-0.25, -0.2) is 0 Å². The molecule has 146 valence electrons. The van der Waals surface area contributed by atoms with Crippen molar-refractivity contribution >= 4 is 19.4 Å². The molecule has 1 unspecified atom stereocenters. The molecule has 0 aliphatic carbocycles. The summed E-state index contributed by atoms with van der Waals surface area (Å²) in [5.74, 6) is 1.34. The molecule has 0 radical (unpaired) electrons. The van der Waals surface area contributed by atoms with Crippen LogP contribution in [0.4, 0.5) is 0 Å². The lowest BCUT2D eigenvalue weighted by Gasteiger charge is -2.14. The summed E-state index contributed by atoms with van der Waals surface area (Å²) in [6, 6.07) is 11.5. The third kappa shape index (κ3) is 6.31. The second-order valence-corrected chi connectivity index (χ2v) is 7.30. The Hall–Kier alpha value is -1.94. The molecule has 6 heteroatoms. The minimum Gasteiger partial charge on any atom is -0.491 e. The maximum absolute atomic E-state index is 12.9. The number of carbonyl (C=O) groups is 1. The van der Waals surface area contributed by atoms with E-state index in [4.69, 9.17) is 18.9 Å². The van der Waals surface area contributed by atoms with Gasteiger partial charge in [0, 0.05) is 31.2 Å². The number of aryl methyl sites for hydroxylation is 2. The summed E-state index contributed by atoms with van der Waals surface area (Å²) in [5, 5.41) is 0.859. The molecule has 0 spiro atoms. The second kappa shape index (κ2) is 11.0. The lowest BCUT2D eigenvalue weighted by Crippen LogP contribution is -2.13. The monoisotopic (exact) mass is 390 g/mol. The third-order valence-electron chi connectivity index (χ3n) is 4.01. The molecule has 2 rings (SSSR count). The predicted molar refractivity (Wildman–Crippen MR) is 109 cm³/mol. The van der Waals surface area contributed by atoms with Gasteiger partial charge in [-0.1, -0.05) is 18.2 Å². The summed E-state index contributed by atoms with van der Waals surface area (Å²) in [6.07, 6.45) is 0. The van der Waals surface area contributed by atoms with Crippen molar-refractivity contribution in [2.24, 2.45) is 0 Å². The van der Waals surface area contributed by atoms with Gasteiger partial charge in [0.05, 0.1) is 13.2 Å². The van der Waals surface area contributed by atoms with Crippen molar-refractivity contribution in [1.29, 1.82) is 0 Å². The van der Waals surface area contributed by atoms with Gasteiger partial charge in [-0.05, 0) is 45.7 Å². The van der Waals surface area contributed by atoms with E-state index in [0.29, 0.717) is 37.9 Å². The van der Waals surface area contributed by atoms with E-state index in [2.05, 4.69) is 0 Å². The fourth-order valence-electron chi connectivity index (χ4n) is 2.65. The highest BCUT2D eigenvalue weighted by molar-refractivity contribution is 7.66. The molecule has 0 N–H and O–H groups in total. The van der Waals surface area contributed by atoms with Crippen molar-refractivity contribution in [1.82, 2.24) is 0 Å². The molecule has 0 aliphatic rings. The maximum atomic E-state index is 12.9. The summed E-state index contributed by atoms with van der Waals surface area (Å²) in [4.78, 5) is 12.9. The molecule has 2 aromatic carbocycles. The van der Waals surface area contributed by atoms with Crippen molar-refractivity contribution in [2.75, 3.05) is 40.6 Å². The number of hydrogen-bond donors (Lipinski definition) is 0. The van der Waals surface area contributed by atoms with Crippen LogP contribution in [0.1, 0.15) is 21.5 Å². The molecule has 27 heavy (non-hydrogen) atoms. The van der Waals surface area contributed by atoms with Crippen LogP contribution in [-0.4, -0.2) is 46.2 Å². The second-order valence-electron chi connectivity index (χ2n) is 6.06. The topological polar surface area (TPSA) is 54.0 Å². The molecule has 0 bridgehead atoms. The maximum Gasteiger partial charge on any atom is 0.186 e. The summed E-state index contributed by atoms with van der Waals surface area (Å²) in [5.41, 5.74) is 2.89. The van der Waals surface area contributed by atoms with E-state index in [1.54, 1.807) is 14.2 Å². The van der Waals surface area contributed by atoms with Crippen LogP contribution in [0, 0.1) is 13.8 Å². The quantitative estimate of drug-likeness (QED) is 0.434. The van der Waals surface area contributed by atoms with Gasteiger partial charge in [-0.15, -0.1) is 0 Å². The van der Waals surface area contributed by atoms with E-state index in [-0.39, 0.29) is 14.1 Å². The fraction of sp³-hybridized carbons (Fsp3) is 0.381. The van der Waals surface area contributed by atoms with E-state index >= 15 is 0 Å². The molecule has 1 atom stereocenters. The molecule has 0 amide bonds. The zero-order valence-corrected chi connectivity index (χ0v) is 17.3. The minimum atomic E-state index is -0.0270. The summed E-state index contributed by atoms with van der Waals surface area (Å²) in [7, 11) is 3.23. The first kappa shape index (κ1) is 21.4. The zero-order chi connectivity index (χ0) is 19.6. The standard InChI is InChI=1S/C21H27O5P/c1-15-6-5-7-16(2)20(15)21(22)27-19-9-8-17(25-12-10-23-3)14-18(19)26-13-11-24-4/h5-9,14,27H,10-13H2,1-4H3. The van der Waals surface area contributed by atoms with Crippen LogP contribution in [0.2, 0.25) is 0 Å². The first-order chi connectivity index (χ1) is 13.1. The highest BCUT2D eigenvalue weighted by atomic mass is 31.1. The summed E-state index contributed by atoms with van der Waals surface area (Å²) in [6.45, 7) is 5.78. The van der Waals surface area contributed by atoms with E-state index in [0.717, 1.165) is 22.0 Å². The predicted octanol–water partition coefficient (Wildman–Crippen LogP) is 3.50. The number of carbonyl (C=O) groups excluding carboxylic acids is 1. The normalized spacial score (nSPS) is 11.1. The van der Waals surface area contributed by atoms with Gasteiger partial charge in [-0.2, -0.15) is 0 Å². The van der Waals surface area contributed by atoms with Crippen LogP contribution >= 0.6 is 8.58 Å². The highest BCUT2D eigenvalue weighted by Crippen LogP contribution is 2.29. The molecular weight excluding hydrogens is 363 g/mol. The minimum absolute atomic E-state index is 0.0270. The Morgan fingerprint density at radius 3 is 2.15 bits per heavy atom. The van der Waals surface area contributed by atoms with Crippen LogP contribution in [-0.2, 0) is 9.47 Å². The van der Waals surface area contributed by atoms with E-state index in [1.807, 2.05) is 50.2 Å². The van der Waals surface area contributed by atoms with Crippen molar-refractivity contribution in [3.63, 3.8) is 0 Å². The summed E-state index contributed by atoms with van der Waals surface area (Å²) >= 11 is 0. The van der Waals surface area contributed by atoms with E-state index < -0.39 is 0 Å². The van der Waals surface area contributed by atoms with Gasteiger partial charge in [0.2, 0.25) is 0 Å². The number of ether oxygens (including phenoxy) is 4. The number of methoxy groups -OCH3 is 2. The number of rotatable bonds is 11. The van der Waals surface area contributed by atoms with Crippen LogP contribution in [0.3, 0.4) is 0 Å². The molecule has 0 fully saturated rings. The van der Waals surface area contributed by atoms with E-state index in [1.165, 1.54) is 0 Å². The molecule has 0 heterocycles. The molecule has 5 nitrogen and oxygen atoms in total. The number of benzene rings is 2. The lowest BCUT2D eigenvalue weighted by molar-refractivity contribution is 0.108. The fourth-order valence-corrected chi connectivity index (χ4v) is 3.85. The van der Waals surface area contributed by atoms with Gasteiger partial charge >= 0.3 is 0 Å². The Balaban J connectivity index is 2.21. The van der Waals surface area contributed by atoms with Gasteiger partial charge in [-0.3, -0.25) is 4.79 Å². The van der Waals surface area contributed by atoms with Gasteiger partial charge in [0.15, 0.2) is 5.52 Å². The van der Waals surface area contributed by atoms with Crippen LogP contribution < -0.4 is 14.8 Å². The lowest BCUT2D eigenvalue weighted by atomic mass is 10.0. The van der Waals surface area contributed by atoms with Crippen LogP contribution in [0.25, 0.3) is 0 Å². The van der Waals surface area contributed by atoms with Crippen molar-refractivity contribution < 1.29 is 23.7 Å². The highest BCUT2D eigenvalue weighted by Gasteiger charge is 2.16. The van der Waals surface area contributed by atoms with Gasteiger partial charge < -0.3 is 18.9 Å². The van der Waals surface area contributed by atoms with Gasteiger partial charge in [0.1, 0.15) is 24.7 Å². The average molecular weight is 390 g/mol. The SMILES string of the molecule is COCCOc1ccc(PC(=O)c2c(C)cccc2C)c(OCCOC)c1. The smallest absolute Gasteiger partial charge is 0.186 e. The molecule has 0 saturated carbocycles. The van der Waals surface area contributed by atoms with Crippen molar-refractivity contribution in [3.05, 3.63) is 53.1 Å². The average Bonchev–Trinajstić information content (AvgIpc) is 2.64. The Morgan fingerprint density at radius 2 is 1.52 bits per heavy atom. The Kier molecular flexibility index (Phi) is 8.73. The molecule has 2 aromatic rings. The molecule has 0 saturated heterocycles. The Morgan fingerprint density at radius 1 is 0.889 bits per heavy atom. The van der Waals surface area contributed by atoms with Crippen LogP contribution in [0.5, 0.6) is 11.5 Å². The Labute approximate surface area is 162 Å². The number of hydrogen-bond acceptors (Lipinski definition) is 5. The van der Waals surface area contributed by atoms with E-state index in [9.17, 15) is 4.79 Å². The van der Waals surface area contributed by atoms with Crippen molar-refractivity contribution in [2.45, 2.75) is 13.8 Å². The first-order valence-electron chi connectivity index (χ1n) is 8.82. The zero-order valence-electron chi connectivity index (χ0n) is 16.3. The van der Waals surface area contributed by atoms with Gasteiger partial charge in [0.25, 0.3) is 0 Å². The van der Waals surface area contributed by atoms with Crippen LogP contribution in [0.15, 0.2) is 36.4 Å². The molecule has 0 aromatic heterocycles. The third-order valence-corrected chi connectivity index (χ3v) is 5.17. The molecule has 0 aliphatic heterocycles.